The van der Waals surface area contributed by atoms with E-state index in [2.05, 4.69) is 5.48 Å². The van der Waals surface area contributed by atoms with Crippen molar-refractivity contribution in [2.75, 3.05) is 13.1 Å². The van der Waals surface area contributed by atoms with Gasteiger partial charge in [-0.05, 0) is 6.08 Å². The second-order valence-corrected chi connectivity index (χ2v) is 2.67. The number of urea groups is 1. The fourth-order valence-electron chi connectivity index (χ4n) is 1.21. The molecule has 0 aromatic carbocycles. The average molecular weight is 167 g/mol. The molecule has 5 nitrogen and oxygen atoms in total. The average Bonchev–Trinajstić information content (AvgIpc) is 2.49. The highest BCUT2D eigenvalue weighted by Crippen LogP contribution is 2.18. The molecule has 0 aromatic rings. The molecule has 64 valence electrons. The zero-order valence-corrected chi connectivity index (χ0v) is 6.41. The molecular weight excluding hydrogens is 158 g/mol. The number of carbonyl (C=O) groups is 1. The summed E-state index contributed by atoms with van der Waals surface area (Å²) in [6.45, 7) is 1.18. The first-order chi connectivity index (χ1) is 5.77. The van der Waals surface area contributed by atoms with Crippen LogP contribution in [-0.2, 0) is 4.84 Å². The maximum Gasteiger partial charge on any atom is 0.319 e. The van der Waals surface area contributed by atoms with Crippen LogP contribution in [-0.4, -0.2) is 24.0 Å². The van der Waals surface area contributed by atoms with Gasteiger partial charge in [-0.2, -0.15) is 5.48 Å². The van der Waals surface area contributed by atoms with E-state index in [9.17, 15) is 4.79 Å². The molecule has 3 N–H and O–H groups in total. The maximum absolute atomic E-state index is 10.8. The van der Waals surface area contributed by atoms with Crippen molar-refractivity contribution in [1.29, 1.82) is 0 Å². The molecule has 2 heterocycles. The van der Waals surface area contributed by atoms with Gasteiger partial charge in [0, 0.05) is 11.8 Å². The summed E-state index contributed by atoms with van der Waals surface area (Å²) in [5.74, 6) is 0.799. The minimum Gasteiger partial charge on any atom is -0.408 e. The predicted octanol–water partition coefficient (Wildman–Crippen LogP) is -0.317. The van der Waals surface area contributed by atoms with Crippen molar-refractivity contribution in [1.82, 2.24) is 10.4 Å². The van der Waals surface area contributed by atoms with Crippen LogP contribution < -0.4 is 11.2 Å². The van der Waals surface area contributed by atoms with Gasteiger partial charge in [-0.25, -0.2) is 4.79 Å². The summed E-state index contributed by atoms with van der Waals surface area (Å²) in [6.07, 6.45) is 3.34. The summed E-state index contributed by atoms with van der Waals surface area (Å²) in [5, 5.41) is 0. The first-order valence-electron chi connectivity index (χ1n) is 3.63. The largest absolute Gasteiger partial charge is 0.408 e. The van der Waals surface area contributed by atoms with Crippen molar-refractivity contribution in [3.05, 3.63) is 23.6 Å². The number of hydrogen-bond acceptors (Lipinski definition) is 3. The van der Waals surface area contributed by atoms with Gasteiger partial charge in [0.25, 0.3) is 0 Å². The van der Waals surface area contributed by atoms with E-state index in [0.717, 1.165) is 11.3 Å². The van der Waals surface area contributed by atoms with E-state index in [4.69, 9.17) is 10.6 Å². The van der Waals surface area contributed by atoms with Crippen molar-refractivity contribution in [2.24, 2.45) is 5.73 Å². The highest BCUT2D eigenvalue weighted by Gasteiger charge is 2.21. The zero-order valence-electron chi connectivity index (χ0n) is 6.41. The lowest BCUT2D eigenvalue weighted by Crippen LogP contribution is -2.34. The van der Waals surface area contributed by atoms with E-state index in [-0.39, 0.29) is 0 Å². The SMILES string of the molecule is NC(=O)N1C=CC2=C(CNO2)C1. The van der Waals surface area contributed by atoms with Crippen molar-refractivity contribution in [3.8, 4) is 0 Å². The lowest BCUT2D eigenvalue weighted by molar-refractivity contribution is 0.148. The lowest BCUT2D eigenvalue weighted by atomic mass is 10.2. The van der Waals surface area contributed by atoms with Crippen molar-refractivity contribution in [3.63, 3.8) is 0 Å². The number of amides is 2. The van der Waals surface area contributed by atoms with Crippen LogP contribution in [0.3, 0.4) is 0 Å². The number of nitrogens with two attached hydrogens (primary N) is 1. The molecule has 0 aromatic heterocycles. The van der Waals surface area contributed by atoms with Crippen LogP contribution in [0.5, 0.6) is 0 Å². The van der Waals surface area contributed by atoms with Gasteiger partial charge in [0.05, 0.1) is 13.1 Å². The Morgan fingerprint density at radius 3 is 3.33 bits per heavy atom. The van der Waals surface area contributed by atoms with Gasteiger partial charge in [-0.15, -0.1) is 0 Å². The number of hydrogen-bond donors (Lipinski definition) is 2. The molecule has 0 saturated carbocycles. The molecule has 0 saturated heterocycles. The van der Waals surface area contributed by atoms with Crippen LogP contribution >= 0.6 is 0 Å². The Morgan fingerprint density at radius 2 is 2.58 bits per heavy atom. The second kappa shape index (κ2) is 2.53. The minimum atomic E-state index is -0.440. The topological polar surface area (TPSA) is 67.6 Å². The summed E-state index contributed by atoms with van der Waals surface area (Å²) >= 11 is 0. The maximum atomic E-state index is 10.8. The highest BCUT2D eigenvalue weighted by molar-refractivity contribution is 5.74. The number of rotatable bonds is 0. The first kappa shape index (κ1) is 7.17. The quantitative estimate of drug-likeness (QED) is 0.519. The summed E-state index contributed by atoms with van der Waals surface area (Å²) in [5.41, 5.74) is 8.87. The molecule has 0 atom stereocenters. The molecule has 2 aliphatic heterocycles. The van der Waals surface area contributed by atoms with E-state index < -0.39 is 6.03 Å². The fraction of sp³-hybridized carbons (Fsp3) is 0.286. The van der Waals surface area contributed by atoms with Gasteiger partial charge >= 0.3 is 6.03 Å². The third-order valence-electron chi connectivity index (χ3n) is 1.87. The molecule has 12 heavy (non-hydrogen) atoms. The number of primary amides is 1. The second-order valence-electron chi connectivity index (χ2n) is 2.67. The molecule has 0 radical (unpaired) electrons. The number of nitrogens with one attached hydrogen (secondary N) is 1. The molecule has 0 unspecified atom stereocenters. The van der Waals surface area contributed by atoms with Gasteiger partial charge in [0.15, 0.2) is 5.76 Å². The number of carbonyl (C=O) groups excluding carboxylic acids is 1. The third kappa shape index (κ3) is 1.04. The molecule has 5 heteroatoms. The Morgan fingerprint density at radius 1 is 1.75 bits per heavy atom. The monoisotopic (exact) mass is 167 g/mol. The summed E-state index contributed by atoms with van der Waals surface area (Å²) in [7, 11) is 0. The first-order valence-corrected chi connectivity index (χ1v) is 3.63. The van der Waals surface area contributed by atoms with Gasteiger partial charge in [-0.3, -0.25) is 4.90 Å². The highest BCUT2D eigenvalue weighted by atomic mass is 16.7. The van der Waals surface area contributed by atoms with E-state index in [0.29, 0.717) is 13.1 Å². The Labute approximate surface area is 69.4 Å². The smallest absolute Gasteiger partial charge is 0.319 e. The number of allylic oxidation sites excluding steroid dienone is 1. The predicted molar refractivity (Wildman–Crippen MR) is 41.5 cm³/mol. The summed E-state index contributed by atoms with van der Waals surface area (Å²) < 4.78 is 0. The van der Waals surface area contributed by atoms with Crippen LogP contribution in [0.15, 0.2) is 23.6 Å². The van der Waals surface area contributed by atoms with E-state index in [1.165, 1.54) is 4.90 Å². The molecular formula is C7H9N3O2. The van der Waals surface area contributed by atoms with E-state index >= 15 is 0 Å². The number of nitrogens with zero attached hydrogens (tertiary/aromatic N) is 1. The van der Waals surface area contributed by atoms with E-state index in [1.807, 2.05) is 0 Å². The molecule has 2 amide bonds. The molecule has 2 rings (SSSR count). The Hall–Kier alpha value is -1.49. The van der Waals surface area contributed by atoms with Crippen LogP contribution in [0.2, 0.25) is 0 Å². The van der Waals surface area contributed by atoms with E-state index in [1.54, 1.807) is 12.3 Å². The van der Waals surface area contributed by atoms with Gasteiger partial charge < -0.3 is 10.6 Å². The normalized spacial score (nSPS) is 20.8. The Kier molecular flexibility index (Phi) is 1.51. The summed E-state index contributed by atoms with van der Waals surface area (Å²) in [6, 6.07) is -0.440. The number of hydroxylamine groups is 1. The Balaban J connectivity index is 2.15. The van der Waals surface area contributed by atoms with Crippen LogP contribution in [0.4, 0.5) is 4.79 Å². The standard InChI is InChI=1S/C7H9N3O2/c8-7(11)10-2-1-6-5(4-10)3-9-12-6/h1-2,9H,3-4H2,(H2,8,11). The lowest BCUT2D eigenvalue weighted by Gasteiger charge is -2.18. The molecule has 2 aliphatic rings. The molecule has 0 aliphatic carbocycles. The van der Waals surface area contributed by atoms with Crippen molar-refractivity contribution < 1.29 is 9.63 Å². The van der Waals surface area contributed by atoms with Gasteiger partial charge in [0.1, 0.15) is 0 Å². The zero-order chi connectivity index (χ0) is 8.55. The molecule has 0 spiro atoms. The van der Waals surface area contributed by atoms with Gasteiger partial charge in [-0.1, -0.05) is 0 Å². The third-order valence-corrected chi connectivity index (χ3v) is 1.87. The minimum absolute atomic E-state index is 0.440. The molecule has 0 fully saturated rings. The van der Waals surface area contributed by atoms with Crippen LogP contribution in [0.1, 0.15) is 0 Å². The fourth-order valence-corrected chi connectivity index (χ4v) is 1.21. The van der Waals surface area contributed by atoms with Gasteiger partial charge in [0.2, 0.25) is 0 Å². The van der Waals surface area contributed by atoms with Crippen molar-refractivity contribution >= 4 is 6.03 Å². The molecule has 0 bridgehead atoms. The van der Waals surface area contributed by atoms with Crippen LogP contribution in [0.25, 0.3) is 0 Å². The van der Waals surface area contributed by atoms with Crippen LogP contribution in [0, 0.1) is 0 Å². The summed E-state index contributed by atoms with van der Waals surface area (Å²) in [4.78, 5) is 17.2. The van der Waals surface area contributed by atoms with Crippen molar-refractivity contribution in [2.45, 2.75) is 0 Å². The Bertz CT molecular complexity index is 282.